The molecule has 1 saturated heterocycles. The Morgan fingerprint density at radius 2 is 1.94 bits per heavy atom. The molecule has 0 bridgehead atoms. The topological polar surface area (TPSA) is 24.4 Å². The standard InChI is InChI=1S/C15H28N2S/c1-4-15(5-2)11-18-14(17-15)16-12(3)13-9-7-6-8-10-13/h12-13H,4-11H2,1-3H3,(H,16,17). The van der Waals surface area contributed by atoms with E-state index >= 15 is 0 Å². The summed E-state index contributed by atoms with van der Waals surface area (Å²) in [4.78, 5) is 4.96. The molecule has 0 amide bonds. The molecule has 0 spiro atoms. The van der Waals surface area contributed by atoms with Gasteiger partial charge in [-0.15, -0.1) is 0 Å². The van der Waals surface area contributed by atoms with E-state index in [9.17, 15) is 0 Å². The van der Waals surface area contributed by atoms with Crippen LogP contribution < -0.4 is 5.32 Å². The van der Waals surface area contributed by atoms with Gasteiger partial charge >= 0.3 is 0 Å². The summed E-state index contributed by atoms with van der Waals surface area (Å²) < 4.78 is 0. The van der Waals surface area contributed by atoms with E-state index in [1.54, 1.807) is 0 Å². The van der Waals surface area contributed by atoms with Gasteiger partial charge in [0.2, 0.25) is 0 Å². The molecule has 1 unspecified atom stereocenters. The predicted octanol–water partition coefficient (Wildman–Crippen LogP) is 4.21. The van der Waals surface area contributed by atoms with E-state index in [0.717, 1.165) is 5.92 Å². The van der Waals surface area contributed by atoms with E-state index in [0.29, 0.717) is 11.6 Å². The molecule has 1 aliphatic carbocycles. The summed E-state index contributed by atoms with van der Waals surface area (Å²) in [5, 5.41) is 4.89. The second-order valence-electron chi connectivity index (χ2n) is 5.97. The highest BCUT2D eigenvalue weighted by atomic mass is 32.2. The minimum Gasteiger partial charge on any atom is -0.359 e. The van der Waals surface area contributed by atoms with Gasteiger partial charge in [0, 0.05) is 11.3 Å². The van der Waals surface area contributed by atoms with E-state index in [-0.39, 0.29) is 0 Å². The SMILES string of the molecule is CCC1(CC)CSC(=NC(C)C2CCCCC2)N1. The van der Waals surface area contributed by atoms with Crippen LogP contribution in [-0.2, 0) is 0 Å². The quantitative estimate of drug-likeness (QED) is 0.826. The van der Waals surface area contributed by atoms with Crippen LogP contribution in [0.15, 0.2) is 4.99 Å². The molecule has 0 aromatic carbocycles. The summed E-state index contributed by atoms with van der Waals surface area (Å²) in [6.07, 6.45) is 9.43. The molecule has 0 radical (unpaired) electrons. The summed E-state index contributed by atoms with van der Waals surface area (Å²) in [6.45, 7) is 6.87. The largest absolute Gasteiger partial charge is 0.359 e. The third-order valence-electron chi connectivity index (χ3n) is 4.86. The molecule has 18 heavy (non-hydrogen) atoms. The van der Waals surface area contributed by atoms with E-state index in [1.165, 1.54) is 55.9 Å². The number of nitrogens with one attached hydrogen (secondary N) is 1. The highest BCUT2D eigenvalue weighted by Crippen LogP contribution is 2.32. The van der Waals surface area contributed by atoms with Gasteiger partial charge in [0.25, 0.3) is 0 Å². The third-order valence-corrected chi connectivity index (χ3v) is 6.04. The van der Waals surface area contributed by atoms with Crippen LogP contribution >= 0.6 is 11.8 Å². The Balaban J connectivity index is 1.93. The zero-order valence-corrected chi connectivity index (χ0v) is 13.0. The van der Waals surface area contributed by atoms with Crippen molar-refractivity contribution in [3.05, 3.63) is 0 Å². The van der Waals surface area contributed by atoms with E-state index < -0.39 is 0 Å². The van der Waals surface area contributed by atoms with Crippen molar-refractivity contribution in [2.24, 2.45) is 10.9 Å². The van der Waals surface area contributed by atoms with Crippen molar-refractivity contribution >= 4 is 16.9 Å². The summed E-state index contributed by atoms with van der Waals surface area (Å²) in [5.74, 6) is 2.02. The molecule has 2 nitrogen and oxygen atoms in total. The molecule has 1 heterocycles. The average molecular weight is 268 g/mol. The second-order valence-corrected chi connectivity index (χ2v) is 6.94. The summed E-state index contributed by atoms with van der Waals surface area (Å²) >= 11 is 1.93. The highest BCUT2D eigenvalue weighted by Gasteiger charge is 2.34. The van der Waals surface area contributed by atoms with Gasteiger partial charge < -0.3 is 5.32 Å². The lowest BCUT2D eigenvalue weighted by molar-refractivity contribution is 0.317. The fourth-order valence-corrected chi connectivity index (χ4v) is 4.54. The number of thioether (sulfide) groups is 1. The molecular weight excluding hydrogens is 240 g/mol. The first-order valence-electron chi connectivity index (χ1n) is 7.68. The van der Waals surface area contributed by atoms with Crippen molar-refractivity contribution < 1.29 is 0 Å². The van der Waals surface area contributed by atoms with Gasteiger partial charge in [-0.3, -0.25) is 4.99 Å². The fourth-order valence-electron chi connectivity index (χ4n) is 3.11. The fraction of sp³-hybridized carbons (Fsp3) is 0.933. The Morgan fingerprint density at radius 3 is 2.50 bits per heavy atom. The summed E-state index contributed by atoms with van der Waals surface area (Å²) in [6, 6.07) is 0.504. The Labute approximate surface area is 116 Å². The molecule has 0 aromatic heterocycles. The van der Waals surface area contributed by atoms with Gasteiger partial charge in [0.05, 0.1) is 6.04 Å². The van der Waals surface area contributed by atoms with Crippen molar-refractivity contribution in [1.29, 1.82) is 0 Å². The monoisotopic (exact) mass is 268 g/mol. The normalized spacial score (nSPS) is 28.3. The first-order chi connectivity index (χ1) is 8.69. The smallest absolute Gasteiger partial charge is 0.157 e. The molecule has 1 saturated carbocycles. The third kappa shape index (κ3) is 3.23. The lowest BCUT2D eigenvalue weighted by Gasteiger charge is -2.27. The number of rotatable bonds is 4. The molecule has 1 N–H and O–H groups in total. The maximum absolute atomic E-state index is 4.96. The molecule has 3 heteroatoms. The van der Waals surface area contributed by atoms with Gasteiger partial charge in [-0.2, -0.15) is 0 Å². The molecular formula is C15H28N2S. The van der Waals surface area contributed by atoms with Gasteiger partial charge in [-0.05, 0) is 38.5 Å². The maximum atomic E-state index is 4.96. The van der Waals surface area contributed by atoms with Crippen molar-refractivity contribution in [3.8, 4) is 0 Å². The van der Waals surface area contributed by atoms with Crippen LogP contribution in [0.3, 0.4) is 0 Å². The van der Waals surface area contributed by atoms with Gasteiger partial charge in [0.15, 0.2) is 5.17 Å². The van der Waals surface area contributed by atoms with Crippen LogP contribution in [0.25, 0.3) is 0 Å². The van der Waals surface area contributed by atoms with Crippen LogP contribution in [0.5, 0.6) is 0 Å². The predicted molar refractivity (Wildman–Crippen MR) is 82.4 cm³/mol. The van der Waals surface area contributed by atoms with Crippen LogP contribution in [0, 0.1) is 5.92 Å². The Morgan fingerprint density at radius 1 is 1.28 bits per heavy atom. The minimum atomic E-state index is 0.315. The average Bonchev–Trinajstić information content (AvgIpc) is 2.84. The lowest BCUT2D eigenvalue weighted by Crippen LogP contribution is -2.42. The number of amidine groups is 1. The van der Waals surface area contributed by atoms with E-state index in [4.69, 9.17) is 4.99 Å². The molecule has 2 rings (SSSR count). The number of hydrogen-bond acceptors (Lipinski definition) is 2. The first-order valence-corrected chi connectivity index (χ1v) is 8.66. The number of aliphatic imine (C=N–C) groups is 1. The molecule has 104 valence electrons. The maximum Gasteiger partial charge on any atom is 0.157 e. The van der Waals surface area contributed by atoms with Crippen molar-refractivity contribution in [3.63, 3.8) is 0 Å². The Bertz CT molecular complexity index is 291. The summed E-state index contributed by atoms with van der Waals surface area (Å²) in [5.41, 5.74) is 0.315. The Kier molecular flexibility index (Phi) is 4.99. The van der Waals surface area contributed by atoms with Crippen molar-refractivity contribution in [1.82, 2.24) is 5.32 Å². The zero-order valence-electron chi connectivity index (χ0n) is 12.2. The number of hydrogen-bond donors (Lipinski definition) is 1. The summed E-state index contributed by atoms with van der Waals surface area (Å²) in [7, 11) is 0. The van der Waals surface area contributed by atoms with Gasteiger partial charge in [-0.1, -0.05) is 44.9 Å². The van der Waals surface area contributed by atoms with Gasteiger partial charge in [-0.25, -0.2) is 0 Å². The van der Waals surface area contributed by atoms with Gasteiger partial charge in [0.1, 0.15) is 0 Å². The van der Waals surface area contributed by atoms with Crippen LogP contribution in [0.1, 0.15) is 65.7 Å². The lowest BCUT2D eigenvalue weighted by atomic mass is 9.85. The zero-order chi connectivity index (χ0) is 13.0. The number of nitrogens with zero attached hydrogens (tertiary/aromatic N) is 1. The van der Waals surface area contributed by atoms with E-state index in [1.807, 2.05) is 11.8 Å². The minimum absolute atomic E-state index is 0.315. The molecule has 1 atom stereocenters. The molecule has 0 aromatic rings. The molecule has 1 aliphatic heterocycles. The van der Waals surface area contributed by atoms with Crippen LogP contribution in [0.2, 0.25) is 0 Å². The van der Waals surface area contributed by atoms with Crippen LogP contribution in [-0.4, -0.2) is 22.5 Å². The Hall–Kier alpha value is -0.180. The van der Waals surface area contributed by atoms with Crippen LogP contribution in [0.4, 0.5) is 0 Å². The van der Waals surface area contributed by atoms with E-state index in [2.05, 4.69) is 26.1 Å². The van der Waals surface area contributed by atoms with Crippen molar-refractivity contribution in [2.75, 3.05) is 5.75 Å². The highest BCUT2D eigenvalue weighted by molar-refractivity contribution is 8.14. The first kappa shape index (κ1) is 14.2. The molecule has 2 aliphatic rings. The second kappa shape index (κ2) is 6.31. The molecule has 2 fully saturated rings. The van der Waals surface area contributed by atoms with Crippen molar-refractivity contribution in [2.45, 2.75) is 77.3 Å².